The zero-order valence-corrected chi connectivity index (χ0v) is 13.2. The molecular weight excluding hydrogens is 361 g/mol. The van der Waals surface area contributed by atoms with E-state index in [9.17, 15) is 18.5 Å². The van der Waals surface area contributed by atoms with Crippen molar-refractivity contribution in [3.8, 4) is 0 Å². The van der Waals surface area contributed by atoms with Crippen molar-refractivity contribution in [1.29, 1.82) is 0 Å². The monoisotopic (exact) mass is 367 g/mol. The van der Waals surface area contributed by atoms with Gasteiger partial charge in [0.05, 0.1) is 20.7 Å². The van der Waals surface area contributed by atoms with Gasteiger partial charge in [-0.1, -0.05) is 40.6 Å². The molecule has 0 aliphatic rings. The van der Waals surface area contributed by atoms with Crippen LogP contribution in [0.25, 0.3) is 0 Å². The highest BCUT2D eigenvalue weighted by atomic mass is 35.5. The predicted molar refractivity (Wildman–Crippen MR) is 82.7 cm³/mol. The van der Waals surface area contributed by atoms with E-state index in [0.29, 0.717) is 11.3 Å². The lowest BCUT2D eigenvalue weighted by Crippen LogP contribution is -2.11. The molecule has 0 amide bonds. The number of nitrogens with two attached hydrogens (primary N) is 1. The van der Waals surface area contributed by atoms with Gasteiger partial charge < -0.3 is 5.73 Å². The number of hydrogen-bond acceptors (Lipinski definition) is 6. The average Bonchev–Trinajstić information content (AvgIpc) is 2.78. The molecule has 3 N–H and O–H groups in total. The lowest BCUT2D eigenvalue weighted by Gasteiger charge is -2.08. The van der Waals surface area contributed by atoms with Crippen LogP contribution in [0.1, 0.15) is 0 Å². The SMILES string of the molecule is Nc1sc(S(=O)(=O)Nc2cccc(Cl)c2Cl)cc1[N+](=O)[O-]. The van der Waals surface area contributed by atoms with E-state index in [-0.39, 0.29) is 24.9 Å². The third-order valence-corrected chi connectivity index (χ3v) is 5.99. The Hall–Kier alpha value is -1.55. The largest absolute Gasteiger partial charge is 0.385 e. The number of nitro groups is 1. The highest BCUT2D eigenvalue weighted by Crippen LogP contribution is 2.36. The van der Waals surface area contributed by atoms with Crippen molar-refractivity contribution in [2.24, 2.45) is 0 Å². The van der Waals surface area contributed by atoms with Crippen LogP contribution in [-0.2, 0) is 10.0 Å². The van der Waals surface area contributed by atoms with Crippen LogP contribution in [-0.4, -0.2) is 13.3 Å². The van der Waals surface area contributed by atoms with Crippen molar-refractivity contribution in [2.75, 3.05) is 10.5 Å². The molecule has 0 saturated heterocycles. The van der Waals surface area contributed by atoms with Gasteiger partial charge in [0.15, 0.2) is 5.00 Å². The molecule has 0 fully saturated rings. The summed E-state index contributed by atoms with van der Waals surface area (Å²) in [6.45, 7) is 0. The number of nitrogens with zero attached hydrogens (tertiary/aromatic N) is 1. The molecule has 7 nitrogen and oxygen atoms in total. The normalized spacial score (nSPS) is 11.3. The molecule has 112 valence electrons. The zero-order valence-electron chi connectivity index (χ0n) is 10.0. The topological polar surface area (TPSA) is 115 Å². The maximum Gasteiger partial charge on any atom is 0.304 e. The molecule has 2 rings (SSSR count). The minimum atomic E-state index is -4.05. The summed E-state index contributed by atoms with van der Waals surface area (Å²) in [6, 6.07) is 5.31. The van der Waals surface area contributed by atoms with Gasteiger partial charge >= 0.3 is 5.69 Å². The minimum Gasteiger partial charge on any atom is -0.385 e. The van der Waals surface area contributed by atoms with Crippen LogP contribution in [0.2, 0.25) is 10.0 Å². The summed E-state index contributed by atoms with van der Waals surface area (Å²) in [6.07, 6.45) is 0. The Labute approximate surface area is 133 Å². The lowest BCUT2D eigenvalue weighted by atomic mass is 10.3. The fourth-order valence-electron chi connectivity index (χ4n) is 1.43. The molecular formula is C10H7Cl2N3O4S2. The number of halogens is 2. The van der Waals surface area contributed by atoms with Gasteiger partial charge in [0.1, 0.15) is 4.21 Å². The Bertz CT molecular complexity index is 820. The summed E-state index contributed by atoms with van der Waals surface area (Å²) >= 11 is 12.3. The van der Waals surface area contributed by atoms with Crippen LogP contribution in [0.4, 0.5) is 16.4 Å². The molecule has 21 heavy (non-hydrogen) atoms. The van der Waals surface area contributed by atoms with Gasteiger partial charge in [0.2, 0.25) is 0 Å². The fourth-order valence-corrected chi connectivity index (χ4v) is 4.11. The van der Waals surface area contributed by atoms with Crippen LogP contribution in [0, 0.1) is 10.1 Å². The second kappa shape index (κ2) is 5.68. The van der Waals surface area contributed by atoms with Gasteiger partial charge in [0, 0.05) is 6.07 Å². The standard InChI is InChI=1S/C10H7Cl2N3O4S2/c11-5-2-1-3-6(9(5)12)14-21(18,19)8-4-7(15(16)17)10(13)20-8/h1-4,14H,13H2. The third-order valence-electron chi connectivity index (χ3n) is 2.38. The van der Waals surface area contributed by atoms with E-state index >= 15 is 0 Å². The van der Waals surface area contributed by atoms with Gasteiger partial charge in [-0.2, -0.15) is 0 Å². The molecule has 0 aliphatic heterocycles. The number of sulfonamides is 1. The highest BCUT2D eigenvalue weighted by molar-refractivity contribution is 7.94. The van der Waals surface area contributed by atoms with Crippen molar-refractivity contribution in [1.82, 2.24) is 0 Å². The van der Waals surface area contributed by atoms with Gasteiger partial charge in [-0.05, 0) is 12.1 Å². The van der Waals surface area contributed by atoms with E-state index in [4.69, 9.17) is 28.9 Å². The number of benzene rings is 1. The van der Waals surface area contributed by atoms with Gasteiger partial charge in [-0.25, -0.2) is 8.42 Å². The van der Waals surface area contributed by atoms with Crippen LogP contribution in [0.15, 0.2) is 28.5 Å². The fraction of sp³-hybridized carbons (Fsp3) is 0. The van der Waals surface area contributed by atoms with Crippen LogP contribution in [0.5, 0.6) is 0 Å². The summed E-state index contributed by atoms with van der Waals surface area (Å²) in [5, 5.41) is 10.7. The minimum absolute atomic E-state index is 0.0294. The smallest absolute Gasteiger partial charge is 0.304 e. The van der Waals surface area contributed by atoms with Gasteiger partial charge in [-0.15, -0.1) is 0 Å². The van der Waals surface area contributed by atoms with Gasteiger partial charge in [0.25, 0.3) is 10.0 Å². The summed E-state index contributed by atoms with van der Waals surface area (Å²) in [7, 11) is -4.05. The predicted octanol–water partition coefficient (Wildman–Crippen LogP) is 3.35. The summed E-state index contributed by atoms with van der Waals surface area (Å²) in [5.74, 6) is 0. The first-order chi connectivity index (χ1) is 9.72. The lowest BCUT2D eigenvalue weighted by molar-refractivity contribution is -0.383. The zero-order chi connectivity index (χ0) is 15.8. The number of anilines is 2. The number of nitrogens with one attached hydrogen (secondary N) is 1. The summed E-state index contributed by atoms with van der Waals surface area (Å²) in [4.78, 5) is 9.94. The Kier molecular flexibility index (Phi) is 4.28. The molecule has 1 aromatic carbocycles. The summed E-state index contributed by atoms with van der Waals surface area (Å²) in [5.41, 5.74) is 5.03. The molecule has 1 aromatic heterocycles. The molecule has 0 radical (unpaired) electrons. The molecule has 2 aromatic rings. The Morgan fingerprint density at radius 3 is 2.57 bits per heavy atom. The van der Waals surface area contributed by atoms with E-state index in [1.54, 1.807) is 0 Å². The van der Waals surface area contributed by atoms with E-state index in [0.717, 1.165) is 6.07 Å². The summed E-state index contributed by atoms with van der Waals surface area (Å²) < 4.78 is 26.3. The van der Waals surface area contributed by atoms with Gasteiger partial charge in [-0.3, -0.25) is 14.8 Å². The molecule has 0 bridgehead atoms. The molecule has 11 heteroatoms. The maximum absolute atomic E-state index is 12.2. The van der Waals surface area contributed by atoms with Crippen molar-refractivity contribution < 1.29 is 13.3 Å². The molecule has 0 aliphatic carbocycles. The number of hydrogen-bond donors (Lipinski definition) is 2. The van der Waals surface area contributed by atoms with Crippen LogP contribution < -0.4 is 10.5 Å². The molecule has 0 spiro atoms. The van der Waals surface area contributed by atoms with Crippen molar-refractivity contribution >= 4 is 60.9 Å². The number of thiophene rings is 1. The van der Waals surface area contributed by atoms with E-state index in [2.05, 4.69) is 4.72 Å². The highest BCUT2D eigenvalue weighted by Gasteiger charge is 2.25. The number of nitrogen functional groups attached to an aromatic ring is 1. The molecule has 0 saturated carbocycles. The first kappa shape index (κ1) is 15.8. The van der Waals surface area contributed by atoms with E-state index in [1.807, 2.05) is 0 Å². The van der Waals surface area contributed by atoms with Crippen molar-refractivity contribution in [2.45, 2.75) is 4.21 Å². The maximum atomic E-state index is 12.2. The second-order valence-corrected chi connectivity index (χ2v) is 7.56. The molecule has 0 atom stereocenters. The quantitative estimate of drug-likeness (QED) is 0.634. The van der Waals surface area contributed by atoms with E-state index < -0.39 is 20.6 Å². The molecule has 0 unspecified atom stereocenters. The van der Waals surface area contributed by atoms with Crippen molar-refractivity contribution in [3.63, 3.8) is 0 Å². The second-order valence-electron chi connectivity index (χ2n) is 3.78. The Balaban J connectivity index is 2.41. The average molecular weight is 368 g/mol. The Morgan fingerprint density at radius 1 is 1.33 bits per heavy atom. The van der Waals surface area contributed by atoms with Crippen LogP contribution in [0.3, 0.4) is 0 Å². The Morgan fingerprint density at radius 2 is 2.00 bits per heavy atom. The van der Waals surface area contributed by atoms with E-state index in [1.165, 1.54) is 18.2 Å². The third kappa shape index (κ3) is 3.21. The first-order valence-corrected chi connectivity index (χ1v) is 8.28. The molecule has 1 heterocycles. The van der Waals surface area contributed by atoms with Crippen molar-refractivity contribution in [3.05, 3.63) is 44.4 Å². The first-order valence-electron chi connectivity index (χ1n) is 5.23. The number of rotatable bonds is 4. The van der Waals surface area contributed by atoms with Crippen LogP contribution >= 0.6 is 34.5 Å².